The first-order valence-electron chi connectivity index (χ1n) is 34.8. The first kappa shape index (κ1) is 80.9. The molecule has 2 unspecified atom stereocenters. The van der Waals surface area contributed by atoms with Gasteiger partial charge in [-0.05, 0) is 79.1 Å². The Morgan fingerprint density at radius 1 is 0.565 bits per heavy atom. The van der Waals surface area contributed by atoms with Crippen LogP contribution in [0, 0.1) is 5.92 Å². The molecule has 0 spiro atoms. The fraction of sp³-hybridized carbons (Fsp3) is 0.365. The van der Waals surface area contributed by atoms with Crippen LogP contribution in [-0.4, -0.2) is 197 Å². The Hall–Kier alpha value is -12.8. The lowest BCUT2D eigenvalue weighted by Crippen LogP contribution is -2.62. The molecule has 34 nitrogen and oxygen atoms in total. The van der Waals surface area contributed by atoms with Gasteiger partial charge < -0.3 is 99.8 Å². The summed E-state index contributed by atoms with van der Waals surface area (Å²) < 4.78 is 0. The first-order valence-corrected chi connectivity index (χ1v) is 34.8. The molecule has 3 aromatic heterocycles. The van der Waals surface area contributed by atoms with Crippen molar-refractivity contribution in [1.82, 2.24) is 83.7 Å². The van der Waals surface area contributed by atoms with Crippen molar-refractivity contribution in [3.8, 4) is 5.75 Å². The van der Waals surface area contributed by atoms with Crippen LogP contribution in [0.3, 0.4) is 0 Å². The third kappa shape index (κ3) is 23.4. The van der Waals surface area contributed by atoms with E-state index in [1.54, 1.807) is 105 Å². The number of hydrogen-bond acceptors (Lipinski definition) is 17. The maximum Gasteiger partial charge on any atom is 0.305 e. The van der Waals surface area contributed by atoms with E-state index in [1.165, 1.54) is 62.8 Å². The van der Waals surface area contributed by atoms with Crippen LogP contribution in [0.25, 0.3) is 21.8 Å². The minimum atomic E-state index is -1.84. The monoisotopic (exact) mass is 1490 g/mol. The van der Waals surface area contributed by atoms with Crippen molar-refractivity contribution in [2.24, 2.45) is 11.7 Å². The molecule has 0 saturated carbocycles. The number of carbonyl (C=O) groups excluding carboxylic acids is 13. The van der Waals surface area contributed by atoms with E-state index in [0.717, 1.165) is 6.92 Å². The molecule has 13 amide bonds. The number of hydrogen-bond donors (Lipinski definition) is 19. The number of fused-ring (bicyclic) bond motifs is 2. The number of rotatable bonds is 28. The zero-order valence-electron chi connectivity index (χ0n) is 59.7. The molecule has 4 heterocycles. The number of phenolic OH excluding ortho intramolecular Hbond substituents is 1. The van der Waals surface area contributed by atoms with E-state index in [4.69, 9.17) is 5.73 Å². The number of phenols is 1. The summed E-state index contributed by atoms with van der Waals surface area (Å²) in [6, 6.07) is 10.4. The van der Waals surface area contributed by atoms with Gasteiger partial charge in [0.1, 0.15) is 72.2 Å². The Balaban J connectivity index is 1.13. The molecule has 20 N–H and O–H groups in total. The van der Waals surface area contributed by atoms with Crippen LogP contribution in [0.1, 0.15) is 81.8 Å². The van der Waals surface area contributed by atoms with E-state index in [0.29, 0.717) is 44.1 Å². The minimum absolute atomic E-state index is 0.108. The van der Waals surface area contributed by atoms with Crippen LogP contribution in [0.5, 0.6) is 5.75 Å². The number of aromatic nitrogens is 4. The number of nitrogens with zero attached hydrogens (tertiary/aromatic N) is 1. The maximum absolute atomic E-state index is 15.4. The Labute approximate surface area is 618 Å². The average molecular weight is 1490 g/mol. The topological polar surface area (TPSA) is 530 Å². The summed E-state index contributed by atoms with van der Waals surface area (Å²) in [6.07, 6.45) is 3.84. The molecular weight excluding hydrogens is 1400 g/mol. The second kappa shape index (κ2) is 38.3. The number of aliphatic carboxylic acids is 1. The molecule has 0 saturated heterocycles. The van der Waals surface area contributed by atoms with Gasteiger partial charge in [0.2, 0.25) is 76.8 Å². The average Bonchev–Trinajstić information content (AvgIpc) is 1.65. The summed E-state index contributed by atoms with van der Waals surface area (Å²) in [5.74, 6) is -15.0. The SMILES string of the molecule is CC(=O)NC1C/C=C\CC(C(=O)N[C@@H](Cc2ccc(O)cc2)C(=O)N[C@@H](Cc2c[nH]c3ccccc23)C(=O)N[C@@H](Cc2cnc[nH]2)C(=O)N[C@H](C(=O)N[C@@H](Cc2ccccc2)C(=O)NCC(N)=O)[C@@H](C)O)NC(=O)[C@H](C(C)C)NC(=O)[C@H](Cc2c[nH]c3ccccc23)NC(=O)[C@H](CC(=O)O)NC(=O)[C@H](C)NC1=O. The summed E-state index contributed by atoms with van der Waals surface area (Å²) in [5, 5.41) is 63.4. The molecule has 1 aliphatic heterocycles. The van der Waals surface area contributed by atoms with Crippen molar-refractivity contribution < 1.29 is 82.4 Å². The van der Waals surface area contributed by atoms with Crippen molar-refractivity contribution in [2.45, 2.75) is 159 Å². The van der Waals surface area contributed by atoms with Crippen molar-refractivity contribution in [2.75, 3.05) is 6.54 Å². The standard InChI is InChI=1S/C74H89N17O17/c1-38(2)62-73(107)83-53(22-14-13-21-52(82-41(5)93)66(100)81-39(3)64(98)84-59(32-61(96)97)70(104)87-57(71(105)90-62)30-45-34-78-51-20-12-10-18-49(45)51)67(101)85-55(28-43-23-25-47(94)26-24-43)68(102)86-56(29-44-33-77-50-19-11-9-17-48(44)50)69(103)88-58(31-46-35-76-37-80-46)72(106)91-63(40(4)92)74(108)89-54(65(99)79-36-60(75)95)27-42-15-7-6-8-16-42/h6-20,23-26,33-35,37-40,52-59,62-63,77-78,92,94H,21-22,27-32,36H2,1-5H3,(H2,75,95)(H,76,80)(H,79,99)(H,81,100)(H,82,93)(H,83,107)(H,84,98)(H,85,101)(H,86,102)(H,87,104)(H,88,103)(H,89,108)(H,90,105)(H,91,106)(H,96,97)/b14-13-/t39-,40+,52?,53?,54-,55-,56-,57-,58-,59-,62-,63-/m0/s1. The molecular formula is C74H89N17O17. The summed E-state index contributed by atoms with van der Waals surface area (Å²) in [7, 11) is 0. The number of para-hydroxylation sites is 2. The molecule has 4 aromatic carbocycles. The van der Waals surface area contributed by atoms with Crippen molar-refractivity contribution in [1.29, 1.82) is 0 Å². The van der Waals surface area contributed by atoms with Gasteiger partial charge >= 0.3 is 5.97 Å². The fourth-order valence-electron chi connectivity index (χ4n) is 12.0. The van der Waals surface area contributed by atoms with E-state index in [1.807, 2.05) is 0 Å². The number of aliphatic hydroxyl groups is 1. The number of nitrogens with one attached hydrogen (secondary N) is 15. The largest absolute Gasteiger partial charge is 0.508 e. The van der Waals surface area contributed by atoms with Gasteiger partial charge in [-0.3, -0.25) is 67.1 Å². The minimum Gasteiger partial charge on any atom is -0.508 e. The van der Waals surface area contributed by atoms with E-state index in [2.05, 4.69) is 83.7 Å². The van der Waals surface area contributed by atoms with Crippen molar-refractivity contribution in [3.63, 3.8) is 0 Å². The Morgan fingerprint density at radius 3 is 1.71 bits per heavy atom. The first-order chi connectivity index (χ1) is 51.5. The van der Waals surface area contributed by atoms with Gasteiger partial charge in [0.15, 0.2) is 0 Å². The van der Waals surface area contributed by atoms with Crippen LogP contribution in [0.15, 0.2) is 140 Å². The van der Waals surface area contributed by atoms with Crippen LogP contribution >= 0.6 is 0 Å². The van der Waals surface area contributed by atoms with E-state index >= 15 is 14.4 Å². The molecule has 0 bridgehead atoms. The summed E-state index contributed by atoms with van der Waals surface area (Å²) in [4.78, 5) is 210. The predicted molar refractivity (Wildman–Crippen MR) is 390 cm³/mol. The number of H-pyrrole nitrogens is 3. The highest BCUT2D eigenvalue weighted by molar-refractivity contribution is 6.01. The lowest BCUT2D eigenvalue weighted by atomic mass is 9.99. The molecule has 12 atom stereocenters. The zero-order valence-corrected chi connectivity index (χ0v) is 59.7. The number of aliphatic hydroxyl groups excluding tert-OH is 1. The normalized spacial score (nSPS) is 19.5. The zero-order chi connectivity index (χ0) is 78.3. The van der Waals surface area contributed by atoms with Gasteiger partial charge in [-0.15, -0.1) is 0 Å². The number of carboxylic acid groups (broad SMARTS) is 1. The predicted octanol–water partition coefficient (Wildman–Crippen LogP) is -1.57. The van der Waals surface area contributed by atoms with E-state index in [-0.39, 0.29) is 50.0 Å². The molecule has 1 aliphatic rings. The second-order valence-electron chi connectivity index (χ2n) is 26.6. The molecule has 8 rings (SSSR count). The van der Waals surface area contributed by atoms with Gasteiger partial charge in [0, 0.05) is 85.1 Å². The number of primary amides is 1. The molecule has 0 radical (unpaired) electrons. The third-order valence-electron chi connectivity index (χ3n) is 17.7. The summed E-state index contributed by atoms with van der Waals surface area (Å²) in [5.41, 5.74) is 8.77. The van der Waals surface area contributed by atoms with Crippen LogP contribution < -0.4 is 69.5 Å². The highest BCUT2D eigenvalue weighted by Gasteiger charge is 2.39. The Kier molecular flexibility index (Phi) is 28.7. The molecule has 108 heavy (non-hydrogen) atoms. The summed E-state index contributed by atoms with van der Waals surface area (Å²) >= 11 is 0. The number of nitrogens with two attached hydrogens (primary N) is 1. The smallest absolute Gasteiger partial charge is 0.305 e. The molecule has 572 valence electrons. The van der Waals surface area contributed by atoms with Crippen molar-refractivity contribution >= 4 is 105 Å². The quantitative estimate of drug-likeness (QED) is 0.0246. The number of aromatic hydroxyl groups is 1. The second-order valence-corrected chi connectivity index (χ2v) is 26.6. The number of carbonyl (C=O) groups is 14. The number of imidazole rings is 1. The molecule has 34 heteroatoms. The van der Waals surface area contributed by atoms with E-state index < -0.39 is 181 Å². The number of benzene rings is 4. The van der Waals surface area contributed by atoms with Gasteiger partial charge in [0.25, 0.3) is 0 Å². The van der Waals surface area contributed by atoms with Crippen LogP contribution in [0.4, 0.5) is 0 Å². The lowest BCUT2D eigenvalue weighted by Gasteiger charge is -2.29. The number of amides is 13. The summed E-state index contributed by atoms with van der Waals surface area (Å²) in [6.45, 7) is 6.12. The van der Waals surface area contributed by atoms with Gasteiger partial charge in [-0.2, -0.15) is 0 Å². The number of carboxylic acids is 1. The van der Waals surface area contributed by atoms with Crippen molar-refractivity contribution in [3.05, 3.63) is 168 Å². The van der Waals surface area contributed by atoms with Crippen LogP contribution in [-0.2, 0) is 99.2 Å². The molecule has 0 fully saturated rings. The Bertz CT molecular complexity index is 4420. The Morgan fingerprint density at radius 2 is 1.11 bits per heavy atom. The van der Waals surface area contributed by atoms with Gasteiger partial charge in [-0.1, -0.05) is 105 Å². The van der Waals surface area contributed by atoms with Crippen LogP contribution in [0.2, 0.25) is 0 Å². The molecule has 0 aliphatic carbocycles. The van der Waals surface area contributed by atoms with Gasteiger partial charge in [0.05, 0.1) is 25.4 Å². The van der Waals surface area contributed by atoms with Gasteiger partial charge in [-0.25, -0.2) is 4.98 Å². The highest BCUT2D eigenvalue weighted by Crippen LogP contribution is 2.23. The lowest BCUT2D eigenvalue weighted by molar-refractivity contribution is -0.141. The fourth-order valence-corrected chi connectivity index (χ4v) is 12.0. The van der Waals surface area contributed by atoms with E-state index in [9.17, 15) is 68.1 Å². The highest BCUT2D eigenvalue weighted by atomic mass is 16.4. The molecule has 7 aromatic rings. The maximum atomic E-state index is 15.4. The third-order valence-corrected chi connectivity index (χ3v) is 17.7. The number of aromatic amines is 3.